The third-order valence-electron chi connectivity index (χ3n) is 5.00. The Bertz CT molecular complexity index is 1350. The summed E-state index contributed by atoms with van der Waals surface area (Å²) in [5.74, 6) is 0.682. The Hall–Kier alpha value is -4.05. The van der Waals surface area contributed by atoms with Crippen molar-refractivity contribution in [2.24, 2.45) is 5.10 Å². The highest BCUT2D eigenvalue weighted by Gasteiger charge is 2.17. The number of aryl methyl sites for hydroxylation is 2. The van der Waals surface area contributed by atoms with Crippen LogP contribution in [0.4, 0.5) is 0 Å². The first-order valence-electron chi connectivity index (χ1n) is 10.4. The molecule has 3 rings (SSSR count). The molecular weight excluding hydrogens is 472 g/mol. The number of rotatable bonds is 9. The van der Waals surface area contributed by atoms with Crippen LogP contribution in [0.2, 0.25) is 0 Å². The number of sulfonamides is 1. The van der Waals surface area contributed by atoms with Crippen LogP contribution in [0.3, 0.4) is 0 Å². The number of nitrogens with one attached hydrogen (secondary N) is 1. The van der Waals surface area contributed by atoms with E-state index in [9.17, 15) is 13.2 Å². The molecule has 0 aliphatic heterocycles. The highest BCUT2D eigenvalue weighted by atomic mass is 32.2. The van der Waals surface area contributed by atoms with Crippen LogP contribution in [0.1, 0.15) is 27.0 Å². The van der Waals surface area contributed by atoms with E-state index in [1.54, 1.807) is 37.3 Å². The van der Waals surface area contributed by atoms with Gasteiger partial charge in [0.25, 0.3) is 10.0 Å². The van der Waals surface area contributed by atoms with Gasteiger partial charge in [0, 0.05) is 6.07 Å². The molecule has 0 aliphatic carbocycles. The van der Waals surface area contributed by atoms with Gasteiger partial charge in [-0.25, -0.2) is 9.63 Å². The van der Waals surface area contributed by atoms with Crippen molar-refractivity contribution in [3.63, 3.8) is 0 Å². The molecule has 1 N–H and O–H groups in total. The Morgan fingerprint density at radius 2 is 1.54 bits per heavy atom. The van der Waals surface area contributed by atoms with E-state index in [4.69, 9.17) is 18.9 Å². The molecule has 9 nitrogen and oxygen atoms in total. The topological polar surface area (TPSA) is 113 Å². The van der Waals surface area contributed by atoms with Crippen molar-refractivity contribution >= 4 is 22.2 Å². The summed E-state index contributed by atoms with van der Waals surface area (Å²) >= 11 is 0. The molecule has 10 heteroatoms. The average Bonchev–Trinajstić information content (AvgIpc) is 2.85. The van der Waals surface area contributed by atoms with Crippen LogP contribution >= 0.6 is 0 Å². The zero-order valence-corrected chi connectivity index (χ0v) is 20.8. The largest absolute Gasteiger partial charge is 0.497 e. The van der Waals surface area contributed by atoms with Gasteiger partial charge in [0.2, 0.25) is 0 Å². The van der Waals surface area contributed by atoms with Crippen LogP contribution in [0.15, 0.2) is 64.6 Å². The third-order valence-corrected chi connectivity index (χ3v) is 6.36. The predicted octanol–water partition coefficient (Wildman–Crippen LogP) is 3.86. The lowest BCUT2D eigenvalue weighted by Crippen LogP contribution is -2.19. The molecule has 0 aliphatic rings. The molecule has 184 valence electrons. The van der Waals surface area contributed by atoms with Gasteiger partial charge in [0.05, 0.1) is 38.0 Å². The second-order valence-corrected chi connectivity index (χ2v) is 9.15. The quantitative estimate of drug-likeness (QED) is 0.206. The third kappa shape index (κ3) is 6.30. The van der Waals surface area contributed by atoms with E-state index in [1.165, 1.54) is 45.7 Å². The summed E-state index contributed by atoms with van der Waals surface area (Å²) < 4.78 is 46.4. The van der Waals surface area contributed by atoms with Crippen molar-refractivity contribution in [2.45, 2.75) is 18.7 Å². The lowest BCUT2D eigenvalue weighted by molar-refractivity contribution is 0.0729. The van der Waals surface area contributed by atoms with E-state index in [2.05, 4.69) is 9.93 Å². The molecule has 3 aromatic carbocycles. The maximum absolute atomic E-state index is 12.7. The molecule has 0 amide bonds. The number of carbonyl (C=O) groups is 1. The van der Waals surface area contributed by atoms with E-state index >= 15 is 0 Å². The van der Waals surface area contributed by atoms with Gasteiger partial charge in [-0.2, -0.15) is 13.5 Å². The van der Waals surface area contributed by atoms with Crippen LogP contribution in [-0.4, -0.2) is 41.9 Å². The minimum absolute atomic E-state index is 0.156. The maximum Gasteiger partial charge on any atom is 0.343 e. The number of benzene rings is 3. The summed E-state index contributed by atoms with van der Waals surface area (Å²) in [4.78, 5) is 15.0. The molecule has 0 spiro atoms. The Morgan fingerprint density at radius 1 is 0.857 bits per heavy atom. The van der Waals surface area contributed by atoms with Gasteiger partial charge in [0.15, 0.2) is 11.5 Å². The fraction of sp³-hybridized carbons (Fsp3) is 0.200. The van der Waals surface area contributed by atoms with Crippen LogP contribution in [0.25, 0.3) is 0 Å². The minimum atomic E-state index is -3.83. The maximum atomic E-state index is 12.7. The first-order chi connectivity index (χ1) is 16.7. The van der Waals surface area contributed by atoms with Crippen LogP contribution in [-0.2, 0) is 10.0 Å². The molecule has 0 aromatic heterocycles. The second kappa shape index (κ2) is 10.9. The van der Waals surface area contributed by atoms with Crippen LogP contribution < -0.4 is 23.8 Å². The van der Waals surface area contributed by atoms with Crippen molar-refractivity contribution in [3.05, 3.63) is 76.9 Å². The van der Waals surface area contributed by atoms with Crippen molar-refractivity contribution < 1.29 is 32.2 Å². The normalized spacial score (nSPS) is 11.2. The number of hydrazone groups is 1. The summed E-state index contributed by atoms with van der Waals surface area (Å²) in [6.45, 7) is 3.53. The number of hydrogen-bond donors (Lipinski definition) is 1. The molecule has 0 fully saturated rings. The van der Waals surface area contributed by atoms with Gasteiger partial charge in [-0.05, 0) is 66.9 Å². The summed E-state index contributed by atoms with van der Waals surface area (Å²) in [6, 6.07) is 14.5. The van der Waals surface area contributed by atoms with Gasteiger partial charge in [0.1, 0.15) is 11.5 Å². The fourth-order valence-electron chi connectivity index (χ4n) is 3.15. The molecule has 0 atom stereocenters. The van der Waals surface area contributed by atoms with Crippen molar-refractivity contribution in [3.8, 4) is 23.0 Å². The molecular formula is C25H26N2O7S. The first-order valence-corrected chi connectivity index (χ1v) is 11.9. The van der Waals surface area contributed by atoms with Crippen molar-refractivity contribution in [1.82, 2.24) is 4.83 Å². The average molecular weight is 499 g/mol. The van der Waals surface area contributed by atoms with Gasteiger partial charge in [-0.1, -0.05) is 12.1 Å². The molecule has 0 saturated heterocycles. The SMILES string of the molecule is COc1cc(OC)cc(C(=O)Oc2ccc(C=NNS(=O)(=O)c3cc(C)ccc3C)cc2OC)c1. The zero-order valence-electron chi connectivity index (χ0n) is 20.0. The summed E-state index contributed by atoms with van der Waals surface area (Å²) in [6.07, 6.45) is 1.32. The van der Waals surface area contributed by atoms with Gasteiger partial charge in [-0.3, -0.25) is 0 Å². The number of hydrogen-bond acceptors (Lipinski definition) is 8. The van der Waals surface area contributed by atoms with Crippen LogP contribution in [0, 0.1) is 13.8 Å². The highest BCUT2D eigenvalue weighted by Crippen LogP contribution is 2.30. The Labute approximate surface area is 204 Å². The number of nitrogens with zero attached hydrogens (tertiary/aromatic N) is 1. The lowest BCUT2D eigenvalue weighted by atomic mass is 10.2. The minimum Gasteiger partial charge on any atom is -0.497 e. The first kappa shape index (κ1) is 25.6. The fourth-order valence-corrected chi connectivity index (χ4v) is 4.27. The second-order valence-electron chi connectivity index (χ2n) is 7.52. The summed E-state index contributed by atoms with van der Waals surface area (Å²) in [5, 5.41) is 3.86. The molecule has 0 heterocycles. The van der Waals surface area contributed by atoms with Gasteiger partial charge < -0.3 is 18.9 Å². The smallest absolute Gasteiger partial charge is 0.343 e. The van der Waals surface area contributed by atoms with Crippen molar-refractivity contribution in [1.29, 1.82) is 0 Å². The molecule has 0 saturated carbocycles. The number of esters is 1. The van der Waals surface area contributed by atoms with Gasteiger partial charge >= 0.3 is 5.97 Å². The summed E-state index contributed by atoms with van der Waals surface area (Å²) in [5.41, 5.74) is 2.19. The monoisotopic (exact) mass is 498 g/mol. The van der Waals surface area contributed by atoms with E-state index in [-0.39, 0.29) is 22.0 Å². The molecule has 0 bridgehead atoms. The molecule has 0 radical (unpaired) electrons. The Morgan fingerprint density at radius 3 is 2.17 bits per heavy atom. The highest BCUT2D eigenvalue weighted by molar-refractivity contribution is 7.89. The molecule has 0 unspecified atom stereocenters. The Kier molecular flexibility index (Phi) is 7.98. The van der Waals surface area contributed by atoms with E-state index in [1.807, 2.05) is 13.0 Å². The zero-order chi connectivity index (χ0) is 25.6. The predicted molar refractivity (Wildman–Crippen MR) is 131 cm³/mol. The number of methoxy groups -OCH3 is 3. The van der Waals surface area contributed by atoms with Crippen molar-refractivity contribution in [2.75, 3.05) is 21.3 Å². The molecule has 35 heavy (non-hydrogen) atoms. The standard InChI is InChI=1S/C25H26N2O7S/c1-16-6-7-17(2)24(10-16)35(29,30)27-26-15-18-8-9-22(23(11-18)33-5)34-25(28)19-12-20(31-3)14-21(13-19)32-4/h6-15,27H,1-5H3. The number of ether oxygens (including phenoxy) is 4. The van der Waals surface area contributed by atoms with Gasteiger partial charge in [-0.15, -0.1) is 0 Å². The van der Waals surface area contributed by atoms with E-state index in [0.29, 0.717) is 22.6 Å². The Balaban J connectivity index is 1.76. The van der Waals surface area contributed by atoms with Crippen LogP contribution in [0.5, 0.6) is 23.0 Å². The number of carbonyl (C=O) groups excluding carboxylic acids is 1. The van der Waals surface area contributed by atoms with E-state index < -0.39 is 16.0 Å². The molecule has 3 aromatic rings. The summed E-state index contributed by atoms with van der Waals surface area (Å²) in [7, 11) is 0.550. The lowest BCUT2D eigenvalue weighted by Gasteiger charge is -2.11. The van der Waals surface area contributed by atoms with E-state index in [0.717, 1.165) is 5.56 Å².